The topological polar surface area (TPSA) is 50.7 Å². The molecule has 2 rings (SSSR count). The molecule has 1 aromatic carbocycles. The molecule has 0 aromatic heterocycles. The van der Waals surface area contributed by atoms with Gasteiger partial charge in [0.05, 0.1) is 12.7 Å². The van der Waals surface area contributed by atoms with E-state index in [1.54, 1.807) is 14.0 Å². The first kappa shape index (κ1) is 16.1. The molecule has 0 saturated heterocycles. The zero-order valence-electron chi connectivity index (χ0n) is 13.5. The van der Waals surface area contributed by atoms with E-state index in [2.05, 4.69) is 5.32 Å². The van der Waals surface area contributed by atoms with Gasteiger partial charge in [0.25, 0.3) is 0 Å². The van der Waals surface area contributed by atoms with Crippen LogP contribution in [0.1, 0.15) is 39.2 Å². The van der Waals surface area contributed by atoms with Crippen LogP contribution in [0.2, 0.25) is 0 Å². The minimum atomic E-state index is -0.843. The van der Waals surface area contributed by atoms with Crippen molar-refractivity contribution in [3.63, 3.8) is 0 Å². The van der Waals surface area contributed by atoms with Crippen molar-refractivity contribution >= 4 is 0 Å². The number of nitrogens with one attached hydrogen (secondary N) is 1. The van der Waals surface area contributed by atoms with Gasteiger partial charge in [0.2, 0.25) is 0 Å². The lowest BCUT2D eigenvalue weighted by atomic mass is 9.94. The first-order valence-corrected chi connectivity index (χ1v) is 7.68. The van der Waals surface area contributed by atoms with E-state index in [4.69, 9.17) is 9.47 Å². The van der Waals surface area contributed by atoms with Crippen molar-refractivity contribution in [2.45, 2.75) is 51.8 Å². The van der Waals surface area contributed by atoms with Gasteiger partial charge < -0.3 is 19.9 Å². The summed E-state index contributed by atoms with van der Waals surface area (Å²) >= 11 is 0. The molecule has 1 saturated carbocycles. The average molecular weight is 293 g/mol. The molecule has 0 radical (unpaired) electrons. The van der Waals surface area contributed by atoms with Gasteiger partial charge in [-0.2, -0.15) is 0 Å². The number of rotatable bonds is 8. The predicted octanol–water partition coefficient (Wildman–Crippen LogP) is 2.73. The smallest absolute Gasteiger partial charge is 0.127 e. The summed E-state index contributed by atoms with van der Waals surface area (Å²) in [6, 6.07) is 6.50. The summed E-state index contributed by atoms with van der Waals surface area (Å²) < 4.78 is 11.2. The largest absolute Gasteiger partial charge is 0.497 e. The molecule has 1 aliphatic carbocycles. The molecular weight excluding hydrogens is 266 g/mol. The molecule has 2 N–H and O–H groups in total. The molecule has 0 bridgehead atoms. The van der Waals surface area contributed by atoms with Gasteiger partial charge in [-0.3, -0.25) is 0 Å². The second-order valence-electron chi connectivity index (χ2n) is 6.43. The predicted molar refractivity (Wildman–Crippen MR) is 83.8 cm³/mol. The first-order valence-electron chi connectivity index (χ1n) is 7.68. The molecule has 1 fully saturated rings. The fraction of sp³-hybridized carbons (Fsp3) is 0.647. The van der Waals surface area contributed by atoms with Crippen molar-refractivity contribution in [2.24, 2.45) is 5.92 Å². The SMILES string of the molecule is COc1ccc(CNC2CC2)c(OCC(C)(O)C(C)C)c1. The van der Waals surface area contributed by atoms with Gasteiger partial charge in [0.1, 0.15) is 18.1 Å². The van der Waals surface area contributed by atoms with E-state index in [1.165, 1.54) is 12.8 Å². The molecular formula is C17H27NO3. The summed E-state index contributed by atoms with van der Waals surface area (Å²) in [5.41, 5.74) is 0.256. The van der Waals surface area contributed by atoms with Gasteiger partial charge in [-0.05, 0) is 31.7 Å². The van der Waals surface area contributed by atoms with Gasteiger partial charge in [-0.25, -0.2) is 0 Å². The number of hydrogen-bond acceptors (Lipinski definition) is 4. The van der Waals surface area contributed by atoms with Crippen LogP contribution in [0.15, 0.2) is 18.2 Å². The van der Waals surface area contributed by atoms with Crippen LogP contribution in [0, 0.1) is 5.92 Å². The Morgan fingerprint density at radius 2 is 2.10 bits per heavy atom. The van der Waals surface area contributed by atoms with Crippen LogP contribution < -0.4 is 14.8 Å². The van der Waals surface area contributed by atoms with Gasteiger partial charge in [-0.15, -0.1) is 0 Å². The quantitative estimate of drug-likeness (QED) is 0.774. The third-order valence-corrected chi connectivity index (χ3v) is 4.20. The number of benzene rings is 1. The van der Waals surface area contributed by atoms with E-state index in [1.807, 2.05) is 32.0 Å². The molecule has 1 atom stereocenters. The summed E-state index contributed by atoms with van der Waals surface area (Å²) in [7, 11) is 1.64. The normalized spacial score (nSPS) is 17.6. The van der Waals surface area contributed by atoms with E-state index in [0.717, 1.165) is 23.6 Å². The molecule has 0 heterocycles. The fourth-order valence-electron chi connectivity index (χ4n) is 1.87. The standard InChI is InChI=1S/C17H27NO3/c1-12(2)17(3,19)11-21-16-9-15(20-4)8-5-13(16)10-18-14-6-7-14/h5,8-9,12,14,18-19H,6-7,10-11H2,1-4H3. The van der Waals surface area contributed by atoms with Crippen molar-refractivity contribution < 1.29 is 14.6 Å². The second-order valence-corrected chi connectivity index (χ2v) is 6.43. The van der Waals surface area contributed by atoms with E-state index in [-0.39, 0.29) is 12.5 Å². The van der Waals surface area contributed by atoms with Crippen LogP contribution in [0.4, 0.5) is 0 Å². The second kappa shape index (κ2) is 6.67. The summed E-state index contributed by atoms with van der Waals surface area (Å²) in [5.74, 6) is 1.68. The summed E-state index contributed by atoms with van der Waals surface area (Å²) in [6.07, 6.45) is 2.52. The number of hydrogen-bond donors (Lipinski definition) is 2. The molecule has 0 aliphatic heterocycles. The lowest BCUT2D eigenvalue weighted by Gasteiger charge is -2.28. The molecule has 21 heavy (non-hydrogen) atoms. The van der Waals surface area contributed by atoms with Crippen LogP contribution in [-0.4, -0.2) is 30.5 Å². The summed E-state index contributed by atoms with van der Waals surface area (Å²) in [5, 5.41) is 13.8. The Labute approximate surface area is 127 Å². The third kappa shape index (κ3) is 4.61. The Balaban J connectivity index is 2.06. The molecule has 118 valence electrons. The van der Waals surface area contributed by atoms with Crippen LogP contribution in [0.25, 0.3) is 0 Å². The number of aliphatic hydroxyl groups is 1. The first-order chi connectivity index (χ1) is 9.92. The monoisotopic (exact) mass is 293 g/mol. The van der Waals surface area contributed by atoms with Crippen LogP contribution >= 0.6 is 0 Å². The van der Waals surface area contributed by atoms with Gasteiger partial charge in [0.15, 0.2) is 0 Å². The Morgan fingerprint density at radius 1 is 1.38 bits per heavy atom. The highest BCUT2D eigenvalue weighted by molar-refractivity contribution is 5.40. The number of ether oxygens (including phenoxy) is 2. The maximum atomic E-state index is 10.3. The third-order valence-electron chi connectivity index (χ3n) is 4.20. The number of methoxy groups -OCH3 is 1. The van der Waals surface area contributed by atoms with Crippen molar-refractivity contribution in [1.82, 2.24) is 5.32 Å². The highest BCUT2D eigenvalue weighted by Gasteiger charge is 2.26. The van der Waals surface area contributed by atoms with Crippen molar-refractivity contribution in [2.75, 3.05) is 13.7 Å². The molecule has 1 aliphatic rings. The van der Waals surface area contributed by atoms with Crippen LogP contribution in [-0.2, 0) is 6.54 Å². The van der Waals surface area contributed by atoms with Gasteiger partial charge in [0, 0.05) is 24.2 Å². The van der Waals surface area contributed by atoms with E-state index in [0.29, 0.717) is 6.04 Å². The Bertz CT molecular complexity index is 467. The molecule has 0 spiro atoms. The summed E-state index contributed by atoms with van der Waals surface area (Å²) in [6.45, 7) is 6.84. The fourth-order valence-corrected chi connectivity index (χ4v) is 1.87. The lowest BCUT2D eigenvalue weighted by Crippen LogP contribution is -2.38. The van der Waals surface area contributed by atoms with Crippen LogP contribution in [0.3, 0.4) is 0 Å². The van der Waals surface area contributed by atoms with E-state index >= 15 is 0 Å². The van der Waals surface area contributed by atoms with E-state index in [9.17, 15) is 5.11 Å². The zero-order valence-corrected chi connectivity index (χ0v) is 13.5. The minimum absolute atomic E-state index is 0.135. The molecule has 4 heteroatoms. The maximum absolute atomic E-state index is 10.3. The Kier molecular flexibility index (Phi) is 5.12. The Hall–Kier alpha value is -1.26. The maximum Gasteiger partial charge on any atom is 0.127 e. The highest BCUT2D eigenvalue weighted by Crippen LogP contribution is 2.28. The minimum Gasteiger partial charge on any atom is -0.497 e. The van der Waals surface area contributed by atoms with Crippen molar-refractivity contribution in [3.8, 4) is 11.5 Å². The average Bonchev–Trinajstić information content (AvgIpc) is 3.27. The summed E-state index contributed by atoms with van der Waals surface area (Å²) in [4.78, 5) is 0. The Morgan fingerprint density at radius 3 is 2.67 bits per heavy atom. The molecule has 1 aromatic rings. The molecule has 4 nitrogen and oxygen atoms in total. The van der Waals surface area contributed by atoms with Crippen LogP contribution in [0.5, 0.6) is 11.5 Å². The highest BCUT2D eigenvalue weighted by atomic mass is 16.5. The van der Waals surface area contributed by atoms with E-state index < -0.39 is 5.60 Å². The van der Waals surface area contributed by atoms with Crippen molar-refractivity contribution in [1.29, 1.82) is 0 Å². The van der Waals surface area contributed by atoms with Crippen molar-refractivity contribution in [3.05, 3.63) is 23.8 Å². The zero-order chi connectivity index (χ0) is 15.5. The van der Waals surface area contributed by atoms with Gasteiger partial charge in [-0.1, -0.05) is 19.9 Å². The molecule has 1 unspecified atom stereocenters. The molecule has 0 amide bonds. The lowest BCUT2D eigenvalue weighted by molar-refractivity contribution is -0.0269. The van der Waals surface area contributed by atoms with Gasteiger partial charge >= 0.3 is 0 Å².